The smallest absolute Gasteiger partial charge is 0.251 e. The molecule has 3 N–H and O–H groups in total. The summed E-state index contributed by atoms with van der Waals surface area (Å²) in [6, 6.07) is 9.54. The van der Waals surface area contributed by atoms with Crippen LogP contribution in [-0.4, -0.2) is 28.8 Å². The van der Waals surface area contributed by atoms with E-state index >= 15 is 0 Å². The first-order chi connectivity index (χ1) is 9.72. The predicted molar refractivity (Wildman–Crippen MR) is 78.4 cm³/mol. The lowest BCUT2D eigenvalue weighted by Gasteiger charge is -2.09. The molecule has 5 nitrogen and oxygen atoms in total. The van der Waals surface area contributed by atoms with Crippen LogP contribution in [0.2, 0.25) is 0 Å². The van der Waals surface area contributed by atoms with Gasteiger partial charge in [0, 0.05) is 37.5 Å². The molecule has 0 radical (unpaired) electrons. The maximum Gasteiger partial charge on any atom is 0.251 e. The van der Waals surface area contributed by atoms with Crippen LogP contribution in [0, 0.1) is 0 Å². The van der Waals surface area contributed by atoms with Crippen LogP contribution in [0.25, 0.3) is 0 Å². The minimum atomic E-state index is -0.0452. The molecule has 0 saturated heterocycles. The van der Waals surface area contributed by atoms with E-state index in [-0.39, 0.29) is 5.91 Å². The van der Waals surface area contributed by atoms with Crippen LogP contribution >= 0.6 is 0 Å². The summed E-state index contributed by atoms with van der Waals surface area (Å²) in [5, 5.41) is 7.04. The fraction of sp³-hybridized carbons (Fsp3) is 0.333. The van der Waals surface area contributed by atoms with Crippen LogP contribution in [0.5, 0.6) is 0 Å². The van der Waals surface area contributed by atoms with Crippen molar-refractivity contribution in [2.75, 3.05) is 13.1 Å². The van der Waals surface area contributed by atoms with Gasteiger partial charge in [-0.25, -0.2) is 0 Å². The monoisotopic (exact) mass is 272 g/mol. The maximum absolute atomic E-state index is 12.2. The van der Waals surface area contributed by atoms with E-state index in [1.165, 1.54) is 0 Å². The number of nitrogens with two attached hydrogens (primary N) is 1. The lowest BCUT2D eigenvalue weighted by Crippen LogP contribution is -2.27. The van der Waals surface area contributed by atoms with Gasteiger partial charge >= 0.3 is 0 Å². The minimum Gasteiger partial charge on any atom is -0.352 e. The Balaban J connectivity index is 1.93. The first-order valence-corrected chi connectivity index (χ1v) is 6.75. The first-order valence-electron chi connectivity index (χ1n) is 6.75. The summed E-state index contributed by atoms with van der Waals surface area (Å²) in [4.78, 5) is 12.2. The van der Waals surface area contributed by atoms with Gasteiger partial charge < -0.3 is 11.1 Å². The van der Waals surface area contributed by atoms with Gasteiger partial charge in [0.05, 0.1) is 0 Å². The van der Waals surface area contributed by atoms with E-state index in [1.807, 2.05) is 42.1 Å². The Bertz CT molecular complexity index is 577. The van der Waals surface area contributed by atoms with E-state index in [1.54, 1.807) is 6.20 Å². The second kappa shape index (κ2) is 6.86. The molecular formula is C15H20N4O. The lowest BCUT2D eigenvalue weighted by molar-refractivity contribution is 0.0953. The zero-order chi connectivity index (χ0) is 14.4. The highest BCUT2D eigenvalue weighted by Crippen LogP contribution is 2.09. The van der Waals surface area contributed by atoms with Crippen molar-refractivity contribution in [2.45, 2.75) is 12.8 Å². The van der Waals surface area contributed by atoms with Crippen molar-refractivity contribution >= 4 is 5.91 Å². The van der Waals surface area contributed by atoms with E-state index < -0.39 is 0 Å². The Morgan fingerprint density at radius 3 is 2.80 bits per heavy atom. The highest BCUT2D eigenvalue weighted by atomic mass is 16.1. The van der Waals surface area contributed by atoms with Gasteiger partial charge in [-0.15, -0.1) is 0 Å². The number of carbonyl (C=O) groups excluding carboxylic acids is 1. The molecule has 0 atom stereocenters. The SMILES string of the molecule is Cn1nccc1CCNC(=O)c1ccccc1CCN. The molecule has 1 aromatic heterocycles. The normalized spacial score (nSPS) is 10.5. The molecule has 0 spiro atoms. The number of hydrogen-bond donors (Lipinski definition) is 2. The van der Waals surface area contributed by atoms with Crippen LogP contribution in [0.3, 0.4) is 0 Å². The van der Waals surface area contributed by atoms with Gasteiger partial charge in [-0.05, 0) is 30.7 Å². The number of hydrogen-bond acceptors (Lipinski definition) is 3. The Morgan fingerprint density at radius 1 is 1.30 bits per heavy atom. The summed E-state index contributed by atoms with van der Waals surface area (Å²) in [6.07, 6.45) is 3.24. The van der Waals surface area contributed by atoms with Crippen LogP contribution in [0.4, 0.5) is 0 Å². The third kappa shape index (κ3) is 3.45. The molecule has 0 aliphatic carbocycles. The number of aromatic nitrogens is 2. The van der Waals surface area contributed by atoms with Gasteiger partial charge in [-0.1, -0.05) is 18.2 Å². The standard InChI is InChI=1S/C15H20N4O/c1-19-13(8-11-18-19)7-10-17-15(20)14-5-3-2-4-12(14)6-9-16/h2-5,8,11H,6-7,9-10,16H2,1H3,(H,17,20). The Morgan fingerprint density at radius 2 is 2.10 bits per heavy atom. The van der Waals surface area contributed by atoms with Crippen molar-refractivity contribution in [3.05, 3.63) is 53.3 Å². The number of amides is 1. The van der Waals surface area contributed by atoms with Crippen molar-refractivity contribution < 1.29 is 4.79 Å². The van der Waals surface area contributed by atoms with Crippen molar-refractivity contribution in [1.82, 2.24) is 15.1 Å². The fourth-order valence-corrected chi connectivity index (χ4v) is 2.16. The Labute approximate surface area is 118 Å². The maximum atomic E-state index is 12.2. The lowest BCUT2D eigenvalue weighted by atomic mass is 10.0. The molecule has 2 rings (SSSR count). The summed E-state index contributed by atoms with van der Waals surface area (Å²) in [5.41, 5.74) is 8.37. The molecule has 1 heterocycles. The minimum absolute atomic E-state index is 0.0452. The summed E-state index contributed by atoms with van der Waals surface area (Å²) < 4.78 is 1.81. The van der Waals surface area contributed by atoms with E-state index in [4.69, 9.17) is 5.73 Å². The molecule has 0 fully saturated rings. The van der Waals surface area contributed by atoms with Crippen molar-refractivity contribution in [3.63, 3.8) is 0 Å². The quantitative estimate of drug-likeness (QED) is 0.820. The molecule has 0 unspecified atom stereocenters. The van der Waals surface area contributed by atoms with Crippen molar-refractivity contribution in [2.24, 2.45) is 12.8 Å². The van der Waals surface area contributed by atoms with Crippen molar-refractivity contribution in [3.8, 4) is 0 Å². The highest BCUT2D eigenvalue weighted by Gasteiger charge is 2.09. The summed E-state index contributed by atoms with van der Waals surface area (Å²) in [7, 11) is 1.90. The zero-order valence-electron chi connectivity index (χ0n) is 11.7. The molecular weight excluding hydrogens is 252 g/mol. The van der Waals surface area contributed by atoms with Crippen LogP contribution < -0.4 is 11.1 Å². The highest BCUT2D eigenvalue weighted by molar-refractivity contribution is 5.95. The van der Waals surface area contributed by atoms with Crippen molar-refractivity contribution in [1.29, 1.82) is 0 Å². The summed E-state index contributed by atoms with van der Waals surface area (Å²) in [5.74, 6) is -0.0452. The molecule has 5 heteroatoms. The number of benzene rings is 1. The van der Waals surface area contributed by atoms with E-state index in [0.29, 0.717) is 25.1 Å². The van der Waals surface area contributed by atoms with Gasteiger partial charge in [0.2, 0.25) is 0 Å². The Hall–Kier alpha value is -2.14. The van der Waals surface area contributed by atoms with E-state index in [0.717, 1.165) is 17.7 Å². The summed E-state index contributed by atoms with van der Waals surface area (Å²) in [6.45, 7) is 1.13. The second-order valence-corrected chi connectivity index (χ2v) is 4.65. The number of nitrogens with one attached hydrogen (secondary N) is 1. The molecule has 1 amide bonds. The van der Waals surface area contributed by atoms with Crippen LogP contribution in [-0.2, 0) is 19.9 Å². The fourth-order valence-electron chi connectivity index (χ4n) is 2.16. The van der Waals surface area contributed by atoms with Gasteiger partial charge in [-0.2, -0.15) is 5.10 Å². The average Bonchev–Trinajstić information content (AvgIpc) is 2.85. The number of carbonyl (C=O) groups is 1. The first kappa shape index (κ1) is 14.3. The third-order valence-electron chi connectivity index (χ3n) is 3.26. The molecule has 0 bridgehead atoms. The largest absolute Gasteiger partial charge is 0.352 e. The van der Waals surface area contributed by atoms with Crippen LogP contribution in [0.15, 0.2) is 36.5 Å². The van der Waals surface area contributed by atoms with E-state index in [9.17, 15) is 4.79 Å². The number of nitrogens with zero attached hydrogens (tertiary/aromatic N) is 2. The molecule has 2 aromatic rings. The van der Waals surface area contributed by atoms with Gasteiger partial charge in [0.1, 0.15) is 0 Å². The predicted octanol–water partition coefficient (Wildman–Crippen LogP) is 0.894. The molecule has 1 aromatic carbocycles. The molecule has 0 aliphatic rings. The number of aryl methyl sites for hydroxylation is 1. The third-order valence-corrected chi connectivity index (χ3v) is 3.26. The molecule has 0 aliphatic heterocycles. The molecule has 106 valence electrons. The number of rotatable bonds is 6. The molecule has 20 heavy (non-hydrogen) atoms. The Kier molecular flexibility index (Phi) is 4.90. The summed E-state index contributed by atoms with van der Waals surface area (Å²) >= 11 is 0. The van der Waals surface area contributed by atoms with Gasteiger partial charge in [0.15, 0.2) is 0 Å². The van der Waals surface area contributed by atoms with Gasteiger partial charge in [-0.3, -0.25) is 9.48 Å². The van der Waals surface area contributed by atoms with Crippen LogP contribution in [0.1, 0.15) is 21.6 Å². The zero-order valence-corrected chi connectivity index (χ0v) is 11.7. The average molecular weight is 272 g/mol. The van der Waals surface area contributed by atoms with Gasteiger partial charge in [0.25, 0.3) is 5.91 Å². The second-order valence-electron chi connectivity index (χ2n) is 4.65. The van der Waals surface area contributed by atoms with E-state index in [2.05, 4.69) is 10.4 Å². The molecule has 0 saturated carbocycles. The topological polar surface area (TPSA) is 72.9 Å².